The van der Waals surface area contributed by atoms with Gasteiger partial charge in [0.2, 0.25) is 5.91 Å². The Kier molecular flexibility index (Phi) is 4.84. The summed E-state index contributed by atoms with van der Waals surface area (Å²) in [5.74, 6) is 0.674. The van der Waals surface area contributed by atoms with Gasteiger partial charge in [-0.2, -0.15) is 0 Å². The number of carbonyl (C=O) groups excluding carboxylic acids is 2. The summed E-state index contributed by atoms with van der Waals surface area (Å²) in [6.45, 7) is 4.67. The van der Waals surface area contributed by atoms with Gasteiger partial charge >= 0.3 is 5.97 Å². The minimum Gasteiger partial charge on any atom is -0.486 e. The highest BCUT2D eigenvalue weighted by atomic mass is 16.6. The summed E-state index contributed by atoms with van der Waals surface area (Å²) in [6, 6.07) is 12.1. The Morgan fingerprint density at radius 2 is 1.77 bits per heavy atom. The molecule has 0 spiro atoms. The van der Waals surface area contributed by atoms with E-state index in [2.05, 4.69) is 5.32 Å². The van der Waals surface area contributed by atoms with Crippen molar-refractivity contribution in [1.29, 1.82) is 0 Å². The number of carbonyl (C=O) groups is 2. The minimum absolute atomic E-state index is 0.198. The zero-order valence-electron chi connectivity index (χ0n) is 15.0. The fraction of sp³-hybridized carbons (Fsp3) is 0.300. The van der Waals surface area contributed by atoms with E-state index >= 15 is 0 Å². The van der Waals surface area contributed by atoms with Gasteiger partial charge < -0.3 is 19.5 Å². The van der Waals surface area contributed by atoms with Crippen molar-refractivity contribution in [2.45, 2.75) is 19.3 Å². The summed E-state index contributed by atoms with van der Waals surface area (Å²) in [5.41, 5.74) is 0.909. The second-order valence-electron chi connectivity index (χ2n) is 6.51. The Bertz CT molecular complexity index is 844. The third-order valence-corrected chi connectivity index (χ3v) is 4.37. The molecular formula is C20H21NO5. The molecule has 0 saturated carbocycles. The van der Waals surface area contributed by atoms with Gasteiger partial charge in [0, 0.05) is 5.69 Å². The molecule has 0 unspecified atom stereocenters. The molecule has 3 rings (SSSR count). The Morgan fingerprint density at radius 1 is 1.04 bits per heavy atom. The second kappa shape index (κ2) is 7.07. The van der Waals surface area contributed by atoms with Gasteiger partial charge in [0.05, 0.1) is 18.1 Å². The molecule has 1 heterocycles. The van der Waals surface area contributed by atoms with Gasteiger partial charge in [-0.3, -0.25) is 4.79 Å². The zero-order valence-corrected chi connectivity index (χ0v) is 15.0. The fourth-order valence-corrected chi connectivity index (χ4v) is 2.69. The normalized spacial score (nSPS) is 13.0. The van der Waals surface area contributed by atoms with Crippen LogP contribution >= 0.6 is 0 Å². The first kappa shape index (κ1) is 17.8. The minimum atomic E-state index is -0.808. The molecule has 0 fully saturated rings. The third kappa shape index (κ3) is 3.49. The molecule has 6 nitrogen and oxygen atoms in total. The first-order valence-corrected chi connectivity index (χ1v) is 8.32. The number of benzene rings is 2. The van der Waals surface area contributed by atoms with Crippen LogP contribution in [0.4, 0.5) is 5.69 Å². The number of methoxy groups -OCH3 is 1. The fourth-order valence-electron chi connectivity index (χ4n) is 2.69. The lowest BCUT2D eigenvalue weighted by Gasteiger charge is -2.26. The van der Waals surface area contributed by atoms with Gasteiger partial charge in [-0.05, 0) is 49.7 Å². The number of fused-ring (bicyclic) bond motifs is 1. The van der Waals surface area contributed by atoms with Crippen LogP contribution in [0.2, 0.25) is 0 Å². The van der Waals surface area contributed by atoms with Crippen LogP contribution in [0.1, 0.15) is 29.8 Å². The topological polar surface area (TPSA) is 73.9 Å². The van der Waals surface area contributed by atoms with Crippen molar-refractivity contribution < 1.29 is 23.8 Å². The summed E-state index contributed by atoms with van der Waals surface area (Å²) >= 11 is 0. The van der Waals surface area contributed by atoms with Crippen molar-refractivity contribution >= 4 is 17.6 Å². The van der Waals surface area contributed by atoms with Gasteiger partial charge in [-0.25, -0.2) is 4.79 Å². The summed E-state index contributed by atoms with van der Waals surface area (Å²) < 4.78 is 15.8. The van der Waals surface area contributed by atoms with E-state index in [1.54, 1.807) is 24.3 Å². The van der Waals surface area contributed by atoms with E-state index in [9.17, 15) is 9.59 Å². The largest absolute Gasteiger partial charge is 0.486 e. The van der Waals surface area contributed by atoms with Gasteiger partial charge in [-0.15, -0.1) is 0 Å². The van der Waals surface area contributed by atoms with Gasteiger partial charge in [0.1, 0.15) is 13.2 Å². The highest BCUT2D eigenvalue weighted by Gasteiger charge is 2.31. The van der Waals surface area contributed by atoms with E-state index < -0.39 is 11.4 Å². The molecule has 2 aromatic rings. The van der Waals surface area contributed by atoms with Crippen LogP contribution in [-0.2, 0) is 14.9 Å². The number of anilines is 1. The predicted octanol–water partition coefficient (Wildman–Crippen LogP) is 3.16. The lowest BCUT2D eigenvalue weighted by Crippen LogP contribution is -2.35. The van der Waals surface area contributed by atoms with Crippen LogP contribution in [0.15, 0.2) is 42.5 Å². The molecule has 0 aromatic heterocycles. The van der Waals surface area contributed by atoms with Crippen LogP contribution in [0.5, 0.6) is 11.5 Å². The lowest BCUT2D eigenvalue weighted by molar-refractivity contribution is -0.120. The molecule has 0 saturated heterocycles. The molecule has 6 heteroatoms. The molecule has 136 valence electrons. The number of hydrogen-bond donors (Lipinski definition) is 1. The maximum Gasteiger partial charge on any atom is 0.337 e. The zero-order chi connectivity index (χ0) is 18.7. The number of amides is 1. The first-order valence-electron chi connectivity index (χ1n) is 8.32. The first-order chi connectivity index (χ1) is 12.4. The molecule has 2 aromatic carbocycles. The van der Waals surface area contributed by atoms with Crippen LogP contribution in [0.3, 0.4) is 0 Å². The summed E-state index contributed by atoms with van der Waals surface area (Å²) in [7, 11) is 1.32. The molecule has 0 radical (unpaired) electrons. The third-order valence-electron chi connectivity index (χ3n) is 4.37. The van der Waals surface area contributed by atoms with Crippen molar-refractivity contribution in [2.24, 2.45) is 0 Å². The quantitative estimate of drug-likeness (QED) is 0.853. The average molecular weight is 355 g/mol. The van der Waals surface area contributed by atoms with Crippen LogP contribution in [0, 0.1) is 0 Å². The predicted molar refractivity (Wildman–Crippen MR) is 96.9 cm³/mol. The Hall–Kier alpha value is -3.02. The monoisotopic (exact) mass is 355 g/mol. The molecular weight excluding hydrogens is 334 g/mol. The molecule has 0 atom stereocenters. The molecule has 0 bridgehead atoms. The Balaban J connectivity index is 1.81. The van der Waals surface area contributed by atoms with Gasteiger partial charge in [-0.1, -0.05) is 12.1 Å². The number of hydrogen-bond acceptors (Lipinski definition) is 5. The molecule has 26 heavy (non-hydrogen) atoms. The molecule has 1 aliphatic rings. The number of nitrogens with one attached hydrogen (secondary N) is 1. The maximum atomic E-state index is 12.9. The van der Waals surface area contributed by atoms with E-state index in [1.165, 1.54) is 7.11 Å². The highest BCUT2D eigenvalue weighted by molar-refractivity contribution is 5.99. The Morgan fingerprint density at radius 3 is 2.50 bits per heavy atom. The van der Waals surface area contributed by atoms with Gasteiger partial charge in [0.15, 0.2) is 11.5 Å². The van der Waals surface area contributed by atoms with Crippen molar-refractivity contribution in [3.63, 3.8) is 0 Å². The molecule has 0 aliphatic carbocycles. The maximum absolute atomic E-state index is 12.9. The van der Waals surface area contributed by atoms with Crippen molar-refractivity contribution in [1.82, 2.24) is 0 Å². The molecule has 1 aliphatic heterocycles. The number of esters is 1. The van der Waals surface area contributed by atoms with E-state index in [0.29, 0.717) is 36.0 Å². The van der Waals surface area contributed by atoms with Crippen LogP contribution in [-0.4, -0.2) is 32.2 Å². The molecule has 1 amide bonds. The summed E-state index contributed by atoms with van der Waals surface area (Å²) in [4.78, 5) is 24.5. The van der Waals surface area contributed by atoms with E-state index in [4.69, 9.17) is 14.2 Å². The van der Waals surface area contributed by atoms with Crippen molar-refractivity contribution in [3.05, 3.63) is 53.6 Å². The lowest BCUT2D eigenvalue weighted by atomic mass is 9.83. The highest BCUT2D eigenvalue weighted by Crippen LogP contribution is 2.35. The van der Waals surface area contributed by atoms with Gasteiger partial charge in [0.25, 0.3) is 0 Å². The molecule has 1 N–H and O–H groups in total. The van der Waals surface area contributed by atoms with Crippen LogP contribution < -0.4 is 14.8 Å². The Labute approximate surface area is 152 Å². The summed E-state index contributed by atoms with van der Waals surface area (Å²) in [5, 5.41) is 2.86. The van der Waals surface area contributed by atoms with E-state index in [0.717, 1.165) is 5.56 Å². The summed E-state index contributed by atoms with van der Waals surface area (Å²) in [6.07, 6.45) is 0. The number of ether oxygens (including phenoxy) is 3. The smallest absolute Gasteiger partial charge is 0.337 e. The van der Waals surface area contributed by atoms with E-state index in [1.807, 2.05) is 32.0 Å². The van der Waals surface area contributed by atoms with Crippen molar-refractivity contribution in [2.75, 3.05) is 25.6 Å². The second-order valence-corrected chi connectivity index (χ2v) is 6.51. The van der Waals surface area contributed by atoms with Crippen molar-refractivity contribution in [3.8, 4) is 11.5 Å². The standard InChI is InChI=1S/C20H21NO5/c1-20(2,14-7-8-16-17(12-14)26-10-9-25-16)19(23)21-15-6-4-5-13(11-15)18(22)24-3/h4-8,11-12H,9-10H2,1-3H3,(H,21,23). The van der Waals surface area contributed by atoms with E-state index in [-0.39, 0.29) is 5.91 Å². The number of rotatable bonds is 4. The SMILES string of the molecule is COC(=O)c1cccc(NC(=O)C(C)(C)c2ccc3c(c2)OCCO3)c1. The van der Waals surface area contributed by atoms with Crippen LogP contribution in [0.25, 0.3) is 0 Å². The average Bonchev–Trinajstić information content (AvgIpc) is 2.67.